The Morgan fingerprint density at radius 1 is 1.57 bits per heavy atom. The fourth-order valence-corrected chi connectivity index (χ4v) is 1.28. The molecule has 1 rings (SSSR count). The van der Waals surface area contributed by atoms with Crippen LogP contribution in [0.25, 0.3) is 0 Å². The van der Waals surface area contributed by atoms with Crippen molar-refractivity contribution in [1.82, 2.24) is 0 Å². The van der Waals surface area contributed by atoms with Gasteiger partial charge in [0.25, 0.3) is 0 Å². The first-order chi connectivity index (χ1) is 6.48. The molecule has 0 aromatic heterocycles. The fraction of sp³-hybridized carbons (Fsp3) is 0.727. The van der Waals surface area contributed by atoms with Gasteiger partial charge in [0.2, 0.25) is 0 Å². The van der Waals surface area contributed by atoms with Crippen LogP contribution in [0.5, 0.6) is 0 Å². The standard InChI is InChI=1S/C11H18O3/c1-8(2)10(12)14-7-11(9(3)4)5-13-6-11/h9H,1,5-7H2,2-4H3. The maximum atomic E-state index is 11.2. The Hall–Kier alpha value is -0.830. The van der Waals surface area contributed by atoms with Crippen LogP contribution in [0.3, 0.4) is 0 Å². The van der Waals surface area contributed by atoms with Gasteiger partial charge in [0.1, 0.15) is 6.61 Å². The van der Waals surface area contributed by atoms with E-state index in [0.717, 1.165) is 0 Å². The summed E-state index contributed by atoms with van der Waals surface area (Å²) in [5.41, 5.74) is 0.481. The number of ether oxygens (including phenoxy) is 2. The van der Waals surface area contributed by atoms with E-state index >= 15 is 0 Å². The monoisotopic (exact) mass is 198 g/mol. The van der Waals surface area contributed by atoms with E-state index in [-0.39, 0.29) is 11.4 Å². The molecule has 3 heteroatoms. The summed E-state index contributed by atoms with van der Waals surface area (Å²) in [6.45, 7) is 11.3. The van der Waals surface area contributed by atoms with E-state index in [2.05, 4.69) is 20.4 Å². The smallest absolute Gasteiger partial charge is 0.333 e. The molecule has 0 amide bonds. The predicted molar refractivity (Wildman–Crippen MR) is 53.9 cm³/mol. The van der Waals surface area contributed by atoms with E-state index in [1.807, 2.05) is 0 Å². The molecule has 14 heavy (non-hydrogen) atoms. The van der Waals surface area contributed by atoms with Crippen LogP contribution in [0.15, 0.2) is 12.2 Å². The Labute approximate surface area is 85.1 Å². The lowest BCUT2D eigenvalue weighted by atomic mass is 9.76. The fourth-order valence-electron chi connectivity index (χ4n) is 1.28. The first kappa shape index (κ1) is 11.2. The van der Waals surface area contributed by atoms with Crippen molar-refractivity contribution in [2.75, 3.05) is 19.8 Å². The highest BCUT2D eigenvalue weighted by Gasteiger charge is 2.42. The maximum absolute atomic E-state index is 11.2. The average molecular weight is 198 g/mol. The second-order valence-corrected chi connectivity index (χ2v) is 4.37. The van der Waals surface area contributed by atoms with Crippen LogP contribution in [0.2, 0.25) is 0 Å². The molecule has 80 valence electrons. The predicted octanol–water partition coefficient (Wildman–Crippen LogP) is 1.78. The van der Waals surface area contributed by atoms with E-state index in [0.29, 0.717) is 31.3 Å². The van der Waals surface area contributed by atoms with Crippen molar-refractivity contribution in [1.29, 1.82) is 0 Å². The van der Waals surface area contributed by atoms with Crippen LogP contribution in [0.1, 0.15) is 20.8 Å². The van der Waals surface area contributed by atoms with E-state index in [9.17, 15) is 4.79 Å². The molecule has 3 nitrogen and oxygen atoms in total. The SMILES string of the molecule is C=C(C)C(=O)OCC1(C(C)C)COC1. The summed E-state index contributed by atoms with van der Waals surface area (Å²) in [6.07, 6.45) is 0. The van der Waals surface area contributed by atoms with Crippen molar-refractivity contribution in [3.05, 3.63) is 12.2 Å². The Bertz CT molecular complexity index is 239. The van der Waals surface area contributed by atoms with Crippen LogP contribution in [-0.2, 0) is 14.3 Å². The number of rotatable bonds is 4. The number of esters is 1. The van der Waals surface area contributed by atoms with Gasteiger partial charge in [-0.2, -0.15) is 0 Å². The highest BCUT2D eigenvalue weighted by Crippen LogP contribution is 2.35. The molecule has 0 bridgehead atoms. The minimum Gasteiger partial charge on any atom is -0.462 e. The molecule has 1 aliphatic rings. The molecule has 1 fully saturated rings. The lowest BCUT2D eigenvalue weighted by Gasteiger charge is -2.44. The third-order valence-electron chi connectivity index (χ3n) is 2.84. The number of carbonyl (C=O) groups is 1. The number of carbonyl (C=O) groups excluding carboxylic acids is 1. The molecular formula is C11H18O3. The summed E-state index contributed by atoms with van der Waals surface area (Å²) in [6, 6.07) is 0. The molecular weight excluding hydrogens is 180 g/mol. The van der Waals surface area contributed by atoms with E-state index < -0.39 is 0 Å². The van der Waals surface area contributed by atoms with E-state index in [1.165, 1.54) is 0 Å². The van der Waals surface area contributed by atoms with Gasteiger partial charge in [0.05, 0.1) is 18.6 Å². The van der Waals surface area contributed by atoms with Gasteiger partial charge >= 0.3 is 5.97 Å². The van der Waals surface area contributed by atoms with Gasteiger partial charge < -0.3 is 9.47 Å². The zero-order chi connectivity index (χ0) is 10.8. The Morgan fingerprint density at radius 2 is 2.14 bits per heavy atom. The molecule has 1 heterocycles. The highest BCUT2D eigenvalue weighted by molar-refractivity contribution is 5.86. The minimum atomic E-state index is -0.308. The van der Waals surface area contributed by atoms with Gasteiger partial charge in [-0.1, -0.05) is 20.4 Å². The second kappa shape index (κ2) is 4.13. The van der Waals surface area contributed by atoms with Gasteiger partial charge in [0, 0.05) is 5.57 Å². The Morgan fingerprint density at radius 3 is 2.43 bits per heavy atom. The number of hydrogen-bond donors (Lipinski definition) is 0. The molecule has 0 unspecified atom stereocenters. The molecule has 1 saturated heterocycles. The summed E-state index contributed by atoms with van der Waals surface area (Å²) in [5.74, 6) is 0.158. The first-order valence-electron chi connectivity index (χ1n) is 4.88. The summed E-state index contributed by atoms with van der Waals surface area (Å²) < 4.78 is 10.3. The molecule has 0 atom stereocenters. The van der Waals surface area contributed by atoms with E-state index in [1.54, 1.807) is 6.92 Å². The van der Waals surface area contributed by atoms with Crippen LogP contribution in [-0.4, -0.2) is 25.8 Å². The summed E-state index contributed by atoms with van der Waals surface area (Å²) in [4.78, 5) is 11.2. The third-order valence-corrected chi connectivity index (χ3v) is 2.84. The Kier molecular flexibility index (Phi) is 3.32. The minimum absolute atomic E-state index is 0.0328. The second-order valence-electron chi connectivity index (χ2n) is 4.37. The largest absolute Gasteiger partial charge is 0.462 e. The van der Waals surface area contributed by atoms with Gasteiger partial charge in [-0.25, -0.2) is 4.79 Å². The molecule has 0 spiro atoms. The molecule has 1 aliphatic heterocycles. The zero-order valence-electron chi connectivity index (χ0n) is 9.13. The lowest BCUT2D eigenvalue weighted by Crippen LogP contribution is -2.50. The highest BCUT2D eigenvalue weighted by atomic mass is 16.5. The van der Waals surface area contributed by atoms with Crippen LogP contribution >= 0.6 is 0 Å². The summed E-state index contributed by atoms with van der Waals surface area (Å²) in [7, 11) is 0. The molecule has 0 saturated carbocycles. The van der Waals surface area contributed by atoms with Crippen molar-refractivity contribution in [2.45, 2.75) is 20.8 Å². The summed E-state index contributed by atoms with van der Waals surface area (Å²) in [5, 5.41) is 0. The van der Waals surface area contributed by atoms with Crippen molar-refractivity contribution >= 4 is 5.97 Å². The van der Waals surface area contributed by atoms with Gasteiger partial charge in [-0.05, 0) is 12.8 Å². The molecule has 0 aromatic rings. The zero-order valence-corrected chi connectivity index (χ0v) is 9.13. The third kappa shape index (κ3) is 2.15. The molecule has 0 aromatic carbocycles. The van der Waals surface area contributed by atoms with Crippen molar-refractivity contribution < 1.29 is 14.3 Å². The molecule has 0 radical (unpaired) electrons. The van der Waals surface area contributed by atoms with Crippen molar-refractivity contribution in [3.63, 3.8) is 0 Å². The summed E-state index contributed by atoms with van der Waals surface area (Å²) >= 11 is 0. The quantitative estimate of drug-likeness (QED) is 0.510. The first-order valence-corrected chi connectivity index (χ1v) is 4.88. The van der Waals surface area contributed by atoms with Crippen LogP contribution < -0.4 is 0 Å². The van der Waals surface area contributed by atoms with Gasteiger partial charge in [-0.3, -0.25) is 0 Å². The Balaban J connectivity index is 2.43. The molecule has 0 N–H and O–H groups in total. The lowest BCUT2D eigenvalue weighted by molar-refractivity contribution is -0.179. The van der Waals surface area contributed by atoms with E-state index in [4.69, 9.17) is 9.47 Å². The average Bonchev–Trinajstić information content (AvgIpc) is 2.00. The van der Waals surface area contributed by atoms with Gasteiger partial charge in [0.15, 0.2) is 0 Å². The van der Waals surface area contributed by atoms with Crippen molar-refractivity contribution in [3.8, 4) is 0 Å². The number of hydrogen-bond acceptors (Lipinski definition) is 3. The molecule has 0 aliphatic carbocycles. The topological polar surface area (TPSA) is 35.5 Å². The van der Waals surface area contributed by atoms with Crippen LogP contribution in [0, 0.1) is 11.3 Å². The van der Waals surface area contributed by atoms with Crippen molar-refractivity contribution in [2.24, 2.45) is 11.3 Å². The van der Waals surface area contributed by atoms with Crippen LogP contribution in [0.4, 0.5) is 0 Å². The normalized spacial score (nSPS) is 18.9. The maximum Gasteiger partial charge on any atom is 0.333 e. The van der Waals surface area contributed by atoms with Gasteiger partial charge in [-0.15, -0.1) is 0 Å².